The number of nitrogens with zero attached hydrogens (tertiary/aromatic N) is 4. The van der Waals surface area contributed by atoms with Crippen molar-refractivity contribution in [3.63, 3.8) is 0 Å². The molecule has 174 valence electrons. The fourth-order valence-corrected chi connectivity index (χ4v) is 4.05. The van der Waals surface area contributed by atoms with Crippen molar-refractivity contribution in [1.82, 2.24) is 25.1 Å². The quantitative estimate of drug-likeness (QED) is 0.574. The largest absolute Gasteiger partial charge is 0.497 e. The van der Waals surface area contributed by atoms with Crippen LogP contribution in [-0.4, -0.2) is 53.0 Å². The van der Waals surface area contributed by atoms with E-state index in [2.05, 4.69) is 26.6 Å². The predicted molar refractivity (Wildman–Crippen MR) is 119 cm³/mol. The normalized spacial score (nSPS) is 13.8. The number of amides is 1. The van der Waals surface area contributed by atoms with E-state index in [9.17, 15) is 9.59 Å². The van der Waals surface area contributed by atoms with E-state index in [0.717, 1.165) is 17.9 Å². The van der Waals surface area contributed by atoms with Gasteiger partial charge in [-0.15, -0.1) is 0 Å². The lowest BCUT2D eigenvalue weighted by Crippen LogP contribution is -2.31. The van der Waals surface area contributed by atoms with Gasteiger partial charge in [0.15, 0.2) is 0 Å². The first-order chi connectivity index (χ1) is 16.0. The maximum atomic E-state index is 13.2. The van der Waals surface area contributed by atoms with Gasteiger partial charge in [-0.2, -0.15) is 0 Å². The first kappa shape index (κ1) is 22.5. The molecule has 0 unspecified atom stereocenters. The van der Waals surface area contributed by atoms with E-state index >= 15 is 0 Å². The Morgan fingerprint density at radius 3 is 2.73 bits per heavy atom. The first-order valence-corrected chi connectivity index (χ1v) is 10.7. The smallest absolute Gasteiger partial charge is 0.257 e. The molecule has 1 aliphatic heterocycles. The molecule has 3 heterocycles. The van der Waals surface area contributed by atoms with E-state index in [1.165, 1.54) is 13.2 Å². The van der Waals surface area contributed by atoms with Crippen LogP contribution in [0.2, 0.25) is 0 Å². The van der Waals surface area contributed by atoms with Gasteiger partial charge in [0, 0.05) is 44.4 Å². The van der Waals surface area contributed by atoms with Crippen LogP contribution in [-0.2, 0) is 26.1 Å². The average molecular weight is 453 g/mol. The Hall–Kier alpha value is -3.66. The van der Waals surface area contributed by atoms with Crippen LogP contribution in [0, 0.1) is 6.92 Å². The minimum atomic E-state index is -0.334. The third-order valence-electron chi connectivity index (χ3n) is 5.84. The van der Waals surface area contributed by atoms with Gasteiger partial charge in [0.05, 0.1) is 20.8 Å². The maximum absolute atomic E-state index is 13.2. The number of carbonyl (C=O) groups is 1. The lowest BCUT2D eigenvalue weighted by atomic mass is 10.1. The second kappa shape index (κ2) is 9.86. The second-order valence-electron chi connectivity index (χ2n) is 7.88. The highest BCUT2D eigenvalue weighted by Crippen LogP contribution is 2.24. The van der Waals surface area contributed by atoms with Gasteiger partial charge < -0.3 is 19.4 Å². The van der Waals surface area contributed by atoms with Crippen LogP contribution in [0.25, 0.3) is 0 Å². The van der Waals surface area contributed by atoms with Crippen LogP contribution in [0.5, 0.6) is 11.5 Å². The molecule has 1 N–H and O–H groups in total. The third kappa shape index (κ3) is 4.90. The number of benzene rings is 1. The van der Waals surface area contributed by atoms with Crippen molar-refractivity contribution >= 4 is 5.91 Å². The van der Waals surface area contributed by atoms with E-state index in [4.69, 9.17) is 14.1 Å². The highest BCUT2D eigenvalue weighted by molar-refractivity contribution is 5.98. The first-order valence-electron chi connectivity index (χ1n) is 10.7. The van der Waals surface area contributed by atoms with E-state index in [1.54, 1.807) is 18.6 Å². The zero-order valence-corrected chi connectivity index (χ0v) is 19.0. The molecule has 10 nitrogen and oxygen atoms in total. The summed E-state index contributed by atoms with van der Waals surface area (Å²) in [5.41, 5.74) is 3.14. The summed E-state index contributed by atoms with van der Waals surface area (Å²) in [6.45, 7) is 4.49. The number of aromatic nitrogens is 3. The molecule has 1 aliphatic rings. The molecule has 4 rings (SSSR count). The van der Waals surface area contributed by atoms with Crippen LogP contribution in [0.4, 0.5) is 0 Å². The summed E-state index contributed by atoms with van der Waals surface area (Å²) < 4.78 is 17.1. The summed E-state index contributed by atoms with van der Waals surface area (Å²) in [6.07, 6.45) is 0.531. The Morgan fingerprint density at radius 1 is 1.15 bits per heavy atom. The Labute approximate surface area is 191 Å². The monoisotopic (exact) mass is 453 g/mol. The molecular weight excluding hydrogens is 426 g/mol. The third-order valence-corrected chi connectivity index (χ3v) is 5.84. The molecule has 33 heavy (non-hydrogen) atoms. The average Bonchev–Trinajstić information content (AvgIpc) is 3.12. The maximum Gasteiger partial charge on any atom is 0.257 e. The van der Waals surface area contributed by atoms with Crippen molar-refractivity contribution in [2.24, 2.45) is 0 Å². The van der Waals surface area contributed by atoms with Gasteiger partial charge in [0.25, 0.3) is 11.5 Å². The minimum Gasteiger partial charge on any atom is -0.497 e. The molecule has 0 atom stereocenters. The summed E-state index contributed by atoms with van der Waals surface area (Å²) in [5, 5.41) is 10.4. The molecule has 0 fully saturated rings. The number of aryl methyl sites for hydroxylation is 1. The van der Waals surface area contributed by atoms with Gasteiger partial charge in [0.1, 0.15) is 28.5 Å². The summed E-state index contributed by atoms with van der Waals surface area (Å²) in [6, 6.07) is 9.31. The molecule has 3 aromatic rings. The van der Waals surface area contributed by atoms with Crippen molar-refractivity contribution in [3.05, 3.63) is 68.9 Å². The molecule has 10 heteroatoms. The van der Waals surface area contributed by atoms with Crippen LogP contribution in [0.1, 0.15) is 33.0 Å². The number of hydrogen-bond donors (Lipinski definition) is 1. The second-order valence-corrected chi connectivity index (χ2v) is 7.88. The van der Waals surface area contributed by atoms with E-state index in [-0.39, 0.29) is 23.8 Å². The zero-order chi connectivity index (χ0) is 23.4. The molecule has 2 aromatic heterocycles. The van der Waals surface area contributed by atoms with Crippen LogP contribution >= 0.6 is 0 Å². The number of carbonyl (C=O) groups excluding carboxylic acids is 1. The number of pyridine rings is 1. The lowest BCUT2D eigenvalue weighted by Gasteiger charge is -2.19. The van der Waals surface area contributed by atoms with Gasteiger partial charge in [-0.05, 0) is 24.6 Å². The minimum absolute atomic E-state index is 0.165. The summed E-state index contributed by atoms with van der Waals surface area (Å²) in [4.78, 5) is 28.2. The van der Waals surface area contributed by atoms with Gasteiger partial charge in [-0.25, -0.2) is 4.63 Å². The summed E-state index contributed by atoms with van der Waals surface area (Å²) >= 11 is 0. The number of methoxy groups -OCH3 is 2. The topological polar surface area (TPSA) is 112 Å². The summed E-state index contributed by atoms with van der Waals surface area (Å²) in [5.74, 6) is 0.738. The van der Waals surface area contributed by atoms with Gasteiger partial charge in [-0.1, -0.05) is 22.4 Å². The van der Waals surface area contributed by atoms with Crippen LogP contribution in [0.3, 0.4) is 0 Å². The molecule has 1 aromatic carbocycles. The van der Waals surface area contributed by atoms with Crippen molar-refractivity contribution in [2.75, 3.05) is 27.3 Å². The molecule has 0 aliphatic carbocycles. The number of nitrogens with one attached hydrogen (secondary N) is 1. The Balaban J connectivity index is 1.57. The number of rotatable bonds is 7. The molecule has 1 amide bonds. The van der Waals surface area contributed by atoms with E-state index < -0.39 is 0 Å². The van der Waals surface area contributed by atoms with Crippen molar-refractivity contribution in [1.29, 1.82) is 0 Å². The van der Waals surface area contributed by atoms with E-state index in [0.29, 0.717) is 48.7 Å². The Kier molecular flexibility index (Phi) is 6.74. The standard InChI is InChI=1S/C23H27N5O5/c1-15-18(26-33-25-15)13-24-23(30)22-19-7-8-27(14-16-5-4-6-17(11-16)31-2)9-10-28(19)21(29)12-20(22)32-3/h4-6,11-12H,7-10,13-14H2,1-3H3,(H,24,30). The molecule has 0 bridgehead atoms. The summed E-state index contributed by atoms with van der Waals surface area (Å²) in [7, 11) is 3.11. The lowest BCUT2D eigenvalue weighted by molar-refractivity contribution is 0.0944. The van der Waals surface area contributed by atoms with Gasteiger partial charge in [0.2, 0.25) is 0 Å². The fourth-order valence-electron chi connectivity index (χ4n) is 4.05. The molecule has 0 saturated carbocycles. The molecule has 0 saturated heterocycles. The van der Waals surface area contributed by atoms with E-state index in [1.807, 2.05) is 18.2 Å². The van der Waals surface area contributed by atoms with Gasteiger partial charge in [-0.3, -0.25) is 14.5 Å². The highest BCUT2D eigenvalue weighted by Gasteiger charge is 2.25. The molecule has 0 radical (unpaired) electrons. The molecular formula is C23H27N5O5. The van der Waals surface area contributed by atoms with Gasteiger partial charge >= 0.3 is 0 Å². The molecule has 0 spiro atoms. The fraction of sp³-hybridized carbons (Fsp3) is 0.391. The number of fused-ring (bicyclic) bond motifs is 1. The van der Waals surface area contributed by atoms with Crippen molar-refractivity contribution < 1.29 is 18.9 Å². The van der Waals surface area contributed by atoms with Crippen LogP contribution in [0.15, 0.2) is 39.8 Å². The zero-order valence-electron chi connectivity index (χ0n) is 19.0. The number of hydrogen-bond acceptors (Lipinski definition) is 8. The Morgan fingerprint density at radius 2 is 2.00 bits per heavy atom. The SMILES string of the molecule is COc1cccc(CN2CCc3c(C(=O)NCc4nonc4C)c(OC)cc(=O)n3CC2)c1. The van der Waals surface area contributed by atoms with Crippen molar-refractivity contribution in [3.8, 4) is 11.5 Å². The van der Waals surface area contributed by atoms with Crippen molar-refractivity contribution in [2.45, 2.75) is 33.0 Å². The highest BCUT2D eigenvalue weighted by atomic mass is 16.6. The predicted octanol–water partition coefficient (Wildman–Crippen LogP) is 1.55. The Bertz CT molecular complexity index is 1200. The van der Waals surface area contributed by atoms with Crippen LogP contribution < -0.4 is 20.3 Å². The number of ether oxygens (including phenoxy) is 2.